The van der Waals surface area contributed by atoms with E-state index in [1.807, 2.05) is 54.8 Å². The molecule has 0 amide bonds. The van der Waals surface area contributed by atoms with Crippen LogP contribution in [0.25, 0.3) is 0 Å². The van der Waals surface area contributed by atoms with E-state index < -0.39 is 0 Å². The van der Waals surface area contributed by atoms with E-state index in [0.29, 0.717) is 30.5 Å². The number of pyridine rings is 1. The van der Waals surface area contributed by atoms with Gasteiger partial charge in [0.05, 0.1) is 13.2 Å². The Morgan fingerprint density at radius 1 is 1.06 bits per heavy atom. The molecule has 1 aromatic carbocycles. The van der Waals surface area contributed by atoms with E-state index in [9.17, 15) is 0 Å². The Hall–Kier alpha value is -2.89. The number of aromatic nitrogens is 4. The summed E-state index contributed by atoms with van der Waals surface area (Å²) in [6.07, 6.45) is 4.39. The summed E-state index contributed by atoms with van der Waals surface area (Å²) in [6.45, 7) is 9.41. The summed E-state index contributed by atoms with van der Waals surface area (Å²) >= 11 is 0. The number of halogens is 1. The van der Waals surface area contributed by atoms with Gasteiger partial charge >= 0.3 is 0 Å². The maximum Gasteiger partial charge on any atom is 0.219 e. The van der Waals surface area contributed by atoms with Crippen LogP contribution in [0.3, 0.4) is 0 Å². The van der Waals surface area contributed by atoms with Crippen molar-refractivity contribution >= 4 is 29.9 Å². The van der Waals surface area contributed by atoms with Crippen molar-refractivity contribution in [1.82, 2.24) is 30.4 Å². The highest BCUT2D eigenvalue weighted by atomic mass is 127. The highest BCUT2D eigenvalue weighted by molar-refractivity contribution is 14.0. The van der Waals surface area contributed by atoms with E-state index >= 15 is 0 Å². The van der Waals surface area contributed by atoms with Gasteiger partial charge in [-0.15, -0.1) is 34.2 Å². The summed E-state index contributed by atoms with van der Waals surface area (Å²) in [7, 11) is 0. The van der Waals surface area contributed by atoms with E-state index in [1.54, 1.807) is 12.5 Å². The molecule has 10 heteroatoms. The summed E-state index contributed by atoms with van der Waals surface area (Å²) < 4.78 is 13.5. The van der Waals surface area contributed by atoms with Gasteiger partial charge in [0.15, 0.2) is 17.5 Å². The number of aliphatic imine (C=N–C) groups is 1. The molecule has 0 fully saturated rings. The number of aryl methyl sites for hydroxylation is 1. The van der Waals surface area contributed by atoms with Crippen LogP contribution in [0.5, 0.6) is 17.4 Å². The predicted octanol–water partition coefficient (Wildman–Crippen LogP) is 3.80. The van der Waals surface area contributed by atoms with Crippen molar-refractivity contribution in [3.05, 3.63) is 60.3 Å². The molecule has 0 unspecified atom stereocenters. The van der Waals surface area contributed by atoms with Crippen LogP contribution in [0, 0.1) is 0 Å². The summed E-state index contributed by atoms with van der Waals surface area (Å²) in [5.74, 6) is 3.58. The van der Waals surface area contributed by atoms with Crippen LogP contribution in [0.1, 0.15) is 32.2 Å². The molecule has 0 aliphatic heterocycles. The molecule has 9 nitrogen and oxygen atoms in total. The van der Waals surface area contributed by atoms with Crippen LogP contribution in [0.2, 0.25) is 0 Å². The van der Waals surface area contributed by atoms with Crippen LogP contribution >= 0.6 is 24.0 Å². The molecule has 0 aliphatic rings. The molecule has 0 spiro atoms. The van der Waals surface area contributed by atoms with Crippen LogP contribution in [0.4, 0.5) is 0 Å². The van der Waals surface area contributed by atoms with Gasteiger partial charge in [0, 0.05) is 38.3 Å². The number of ether oxygens (including phenoxy) is 2. The zero-order chi connectivity index (χ0) is 22.6. The lowest BCUT2D eigenvalue weighted by Gasteiger charge is -2.12. The Morgan fingerprint density at radius 2 is 1.88 bits per heavy atom. The Bertz CT molecular complexity index is 992. The summed E-state index contributed by atoms with van der Waals surface area (Å²) in [6, 6.07) is 11.4. The van der Waals surface area contributed by atoms with Gasteiger partial charge in [-0.1, -0.05) is 25.1 Å². The minimum absolute atomic E-state index is 0. The van der Waals surface area contributed by atoms with Crippen molar-refractivity contribution in [2.24, 2.45) is 4.99 Å². The average molecular weight is 565 g/mol. The largest absolute Gasteiger partial charge is 0.490 e. The normalized spacial score (nSPS) is 10.9. The first-order valence-electron chi connectivity index (χ1n) is 11.0. The molecule has 33 heavy (non-hydrogen) atoms. The Labute approximate surface area is 212 Å². The van der Waals surface area contributed by atoms with Gasteiger partial charge in [-0.2, -0.15) is 0 Å². The monoisotopic (exact) mass is 565 g/mol. The fraction of sp³-hybridized carbons (Fsp3) is 0.391. The first-order chi connectivity index (χ1) is 15.7. The maximum absolute atomic E-state index is 5.88. The molecule has 2 N–H and O–H groups in total. The lowest BCUT2D eigenvalue weighted by molar-refractivity contribution is 0.319. The third kappa shape index (κ3) is 8.19. The SMILES string of the molecule is CCNC(=NCc1ccc(Oc2ccccc2OCC)nc1)NCCn1cnnc1CC.I. The molecule has 2 aromatic heterocycles. The van der Waals surface area contributed by atoms with E-state index in [0.717, 1.165) is 43.4 Å². The fourth-order valence-electron chi connectivity index (χ4n) is 3.03. The molecule has 3 rings (SSSR count). The third-order valence-electron chi connectivity index (χ3n) is 4.58. The number of hydrogen-bond acceptors (Lipinski definition) is 6. The maximum atomic E-state index is 5.88. The van der Waals surface area contributed by atoms with Crippen LogP contribution < -0.4 is 20.1 Å². The molecule has 3 aromatic rings. The van der Waals surface area contributed by atoms with Gasteiger partial charge in [-0.3, -0.25) is 0 Å². The number of rotatable bonds is 11. The van der Waals surface area contributed by atoms with Crippen molar-refractivity contribution in [1.29, 1.82) is 0 Å². The van der Waals surface area contributed by atoms with Gasteiger partial charge in [0.2, 0.25) is 5.88 Å². The van der Waals surface area contributed by atoms with Gasteiger partial charge in [-0.05, 0) is 31.5 Å². The standard InChI is InChI=1S/C23H31N7O2.HI/c1-4-21-29-28-17-30(21)14-13-25-23(24-5-2)27-16-18-11-12-22(26-15-18)32-20-10-8-7-9-19(20)31-6-3;/h7-12,15,17H,4-6,13-14,16H2,1-3H3,(H2,24,25,27);1H. The summed E-state index contributed by atoms with van der Waals surface area (Å²) in [5.41, 5.74) is 0.986. The topological polar surface area (TPSA) is 98.5 Å². The summed E-state index contributed by atoms with van der Waals surface area (Å²) in [5, 5.41) is 14.7. The highest BCUT2D eigenvalue weighted by Gasteiger charge is 2.06. The minimum atomic E-state index is 0. The van der Waals surface area contributed by atoms with Crippen molar-refractivity contribution < 1.29 is 9.47 Å². The van der Waals surface area contributed by atoms with E-state index in [-0.39, 0.29) is 24.0 Å². The van der Waals surface area contributed by atoms with Crippen molar-refractivity contribution in [3.63, 3.8) is 0 Å². The number of guanidine groups is 1. The Balaban J connectivity index is 0.00000385. The highest BCUT2D eigenvalue weighted by Crippen LogP contribution is 2.30. The molecule has 0 bridgehead atoms. The van der Waals surface area contributed by atoms with E-state index in [2.05, 4.69) is 37.7 Å². The molecule has 0 aliphatic carbocycles. The predicted molar refractivity (Wildman–Crippen MR) is 140 cm³/mol. The van der Waals surface area contributed by atoms with Crippen molar-refractivity contribution in [2.45, 2.75) is 40.3 Å². The minimum Gasteiger partial charge on any atom is -0.490 e. The fourth-order valence-corrected chi connectivity index (χ4v) is 3.03. The van der Waals surface area contributed by atoms with Gasteiger partial charge in [0.1, 0.15) is 12.2 Å². The van der Waals surface area contributed by atoms with Crippen LogP contribution in [-0.2, 0) is 19.5 Å². The second-order valence-electron chi connectivity index (χ2n) is 6.90. The van der Waals surface area contributed by atoms with E-state index in [1.165, 1.54) is 0 Å². The molecule has 0 saturated carbocycles. The van der Waals surface area contributed by atoms with Gasteiger partial charge < -0.3 is 24.7 Å². The number of nitrogens with one attached hydrogen (secondary N) is 2. The molecular formula is C23H32IN7O2. The molecule has 178 valence electrons. The van der Waals surface area contributed by atoms with Gasteiger partial charge in [-0.25, -0.2) is 9.98 Å². The van der Waals surface area contributed by atoms with Crippen molar-refractivity contribution in [2.75, 3.05) is 19.7 Å². The lowest BCUT2D eigenvalue weighted by atomic mass is 10.3. The van der Waals surface area contributed by atoms with Crippen LogP contribution in [0.15, 0.2) is 53.9 Å². The second kappa shape index (κ2) is 14.3. The first kappa shape index (κ1) is 26.4. The van der Waals surface area contributed by atoms with Gasteiger partial charge in [0.25, 0.3) is 0 Å². The molecule has 2 heterocycles. The molecule has 0 saturated heterocycles. The third-order valence-corrected chi connectivity index (χ3v) is 4.58. The number of para-hydroxylation sites is 2. The van der Waals surface area contributed by atoms with Crippen molar-refractivity contribution in [3.8, 4) is 17.4 Å². The quantitative estimate of drug-likeness (QED) is 0.207. The Morgan fingerprint density at radius 3 is 2.58 bits per heavy atom. The lowest BCUT2D eigenvalue weighted by Crippen LogP contribution is -2.38. The van der Waals surface area contributed by atoms with E-state index in [4.69, 9.17) is 9.47 Å². The zero-order valence-electron chi connectivity index (χ0n) is 19.3. The number of benzene rings is 1. The molecule has 0 atom stereocenters. The van der Waals surface area contributed by atoms with Crippen LogP contribution in [-0.4, -0.2) is 45.4 Å². The summed E-state index contributed by atoms with van der Waals surface area (Å²) in [4.78, 5) is 9.06. The number of hydrogen-bond donors (Lipinski definition) is 2. The smallest absolute Gasteiger partial charge is 0.219 e. The number of nitrogens with zero attached hydrogens (tertiary/aromatic N) is 5. The molecular weight excluding hydrogens is 533 g/mol. The average Bonchev–Trinajstić information content (AvgIpc) is 3.27. The first-order valence-corrected chi connectivity index (χ1v) is 11.0. The Kier molecular flexibility index (Phi) is 11.4. The molecule has 0 radical (unpaired) electrons. The zero-order valence-corrected chi connectivity index (χ0v) is 21.7. The second-order valence-corrected chi connectivity index (χ2v) is 6.90.